The second kappa shape index (κ2) is 25.9. The molecule has 0 aliphatic carbocycles. The van der Waals surface area contributed by atoms with Gasteiger partial charge >= 0.3 is 0 Å². The number of quaternary nitrogens is 1. The largest absolute Gasteiger partial charge is 0.494 e. The fourth-order valence-electron chi connectivity index (χ4n) is 5.25. The minimum Gasteiger partial charge on any atom is -0.494 e. The van der Waals surface area contributed by atoms with Crippen molar-refractivity contribution in [1.82, 2.24) is 21.3 Å². The van der Waals surface area contributed by atoms with Crippen molar-refractivity contribution in [2.45, 2.75) is 50.7 Å². The normalized spacial score (nSPS) is 14.6. The van der Waals surface area contributed by atoms with Crippen LogP contribution >= 0.6 is 0 Å². The first kappa shape index (κ1) is 44.4. The maximum absolute atomic E-state index is 12.2. The number of nitrogens with one attached hydrogen (secondary N) is 4. The van der Waals surface area contributed by atoms with Crippen LogP contribution in [0, 0.1) is 0 Å². The number of carbonyl (C=O) groups excluding carboxylic acids is 4. The fourth-order valence-corrected chi connectivity index (χ4v) is 5.25. The SMILES string of the molecule is CCc1cc(OCCCCNC(=O)COCCOCCNC(=O)COCCOCCNC(=O)[C@@H](N)CN)ccc1-c1ccc(C[C@H]([NH3+])C(=O)C2CN2)cc1. The Bertz CT molecular complexity index is 1430. The molecule has 1 aliphatic rings. The number of nitrogens with two attached hydrogens (primary N) is 2. The van der Waals surface area contributed by atoms with E-state index in [4.69, 9.17) is 35.2 Å². The highest BCUT2D eigenvalue weighted by atomic mass is 16.5. The molecule has 0 radical (unpaired) electrons. The smallest absolute Gasteiger partial charge is 0.246 e. The molecule has 300 valence electrons. The second-order valence-electron chi connectivity index (χ2n) is 12.9. The molecule has 16 nitrogen and oxygen atoms in total. The second-order valence-corrected chi connectivity index (χ2v) is 12.9. The molecule has 3 atom stereocenters. The van der Waals surface area contributed by atoms with E-state index in [2.05, 4.69) is 70.3 Å². The number of benzene rings is 2. The molecule has 1 fully saturated rings. The average Bonchev–Trinajstić information content (AvgIpc) is 4.03. The van der Waals surface area contributed by atoms with E-state index in [1.165, 1.54) is 5.56 Å². The Hall–Kier alpha value is -4.00. The Labute approximate surface area is 317 Å². The van der Waals surface area contributed by atoms with Crippen LogP contribution in [0.5, 0.6) is 5.75 Å². The maximum atomic E-state index is 12.2. The lowest BCUT2D eigenvalue weighted by molar-refractivity contribution is -0.402. The topological polar surface area (TPSA) is 252 Å². The standard InChI is InChI=1S/C38H59N7O9/c1-2-28-22-30(9-10-31(28)29-7-5-27(6-8-29)21-32(40)37(48)34-24-45-34)54-14-4-3-11-42-35(46)25-52-19-17-50-15-12-43-36(47)26-53-20-18-51-16-13-44-38(49)33(41)23-39/h5-10,22,32-34,45H,2-4,11-21,23-26,39-41H2,1H3,(H,42,46)(H,43,47)(H,44,49)/p+1/t32-,33-,34?/m0/s1. The number of Topliss-reactive ketones (excluding diaryl/α,β-unsaturated/α-hetero) is 1. The van der Waals surface area contributed by atoms with Gasteiger partial charge in [0, 0.05) is 39.1 Å². The van der Waals surface area contributed by atoms with E-state index in [-0.39, 0.29) is 75.2 Å². The van der Waals surface area contributed by atoms with Crippen LogP contribution in [0.1, 0.15) is 30.9 Å². The summed E-state index contributed by atoms with van der Waals surface area (Å²) in [5.41, 5.74) is 19.5. The van der Waals surface area contributed by atoms with Gasteiger partial charge in [0.15, 0.2) is 0 Å². The maximum Gasteiger partial charge on any atom is 0.246 e. The van der Waals surface area contributed by atoms with Crippen LogP contribution in [0.2, 0.25) is 0 Å². The van der Waals surface area contributed by atoms with Crippen molar-refractivity contribution in [3.63, 3.8) is 0 Å². The van der Waals surface area contributed by atoms with Crippen LogP contribution in [0.4, 0.5) is 0 Å². The quantitative estimate of drug-likeness (QED) is 0.0354. The van der Waals surface area contributed by atoms with Gasteiger partial charge in [0.1, 0.15) is 25.0 Å². The molecule has 1 saturated heterocycles. The van der Waals surface area contributed by atoms with Gasteiger partial charge in [-0.15, -0.1) is 0 Å². The number of hydrogen-bond donors (Lipinski definition) is 7. The Morgan fingerprint density at radius 1 is 0.815 bits per heavy atom. The first-order valence-electron chi connectivity index (χ1n) is 18.7. The van der Waals surface area contributed by atoms with E-state index in [1.807, 2.05) is 6.07 Å². The van der Waals surface area contributed by atoms with Gasteiger partial charge in [-0.1, -0.05) is 37.3 Å². The molecule has 0 spiro atoms. The summed E-state index contributed by atoms with van der Waals surface area (Å²) in [6.45, 7) is 6.14. The molecule has 3 amide bonds. The van der Waals surface area contributed by atoms with Crippen LogP contribution in [-0.4, -0.2) is 134 Å². The first-order valence-corrected chi connectivity index (χ1v) is 18.7. The van der Waals surface area contributed by atoms with Crippen molar-refractivity contribution in [3.05, 3.63) is 53.6 Å². The van der Waals surface area contributed by atoms with Gasteiger partial charge in [-0.2, -0.15) is 0 Å². The van der Waals surface area contributed by atoms with Gasteiger partial charge < -0.3 is 62.2 Å². The predicted octanol–water partition coefficient (Wildman–Crippen LogP) is -1.53. The zero-order valence-electron chi connectivity index (χ0n) is 31.5. The van der Waals surface area contributed by atoms with E-state index in [1.54, 1.807) is 0 Å². The summed E-state index contributed by atoms with van der Waals surface area (Å²) in [6, 6.07) is 13.5. The van der Waals surface area contributed by atoms with Crippen LogP contribution in [0.25, 0.3) is 11.1 Å². The van der Waals surface area contributed by atoms with E-state index in [9.17, 15) is 19.2 Å². The third-order valence-corrected chi connectivity index (χ3v) is 8.44. The van der Waals surface area contributed by atoms with Gasteiger partial charge in [0.25, 0.3) is 0 Å². The zero-order chi connectivity index (χ0) is 39.0. The van der Waals surface area contributed by atoms with Gasteiger partial charge in [-0.3, -0.25) is 19.2 Å². The molecule has 0 aromatic heterocycles. The van der Waals surface area contributed by atoms with Gasteiger partial charge in [0.05, 0.1) is 58.3 Å². The number of ketones is 1. The van der Waals surface area contributed by atoms with E-state index >= 15 is 0 Å². The summed E-state index contributed by atoms with van der Waals surface area (Å²) in [4.78, 5) is 47.6. The van der Waals surface area contributed by atoms with Crippen molar-refractivity contribution in [2.24, 2.45) is 11.5 Å². The lowest BCUT2D eigenvalue weighted by Gasteiger charge is -2.13. The molecule has 2 aromatic carbocycles. The summed E-state index contributed by atoms with van der Waals surface area (Å²) in [6.07, 6.45) is 3.07. The fraction of sp³-hybridized carbons (Fsp3) is 0.579. The molecule has 1 aliphatic heterocycles. The number of ether oxygens (including phenoxy) is 5. The van der Waals surface area contributed by atoms with Crippen LogP contribution in [0.3, 0.4) is 0 Å². The first-order chi connectivity index (χ1) is 26.2. The van der Waals surface area contributed by atoms with Gasteiger partial charge in [-0.25, -0.2) is 0 Å². The summed E-state index contributed by atoms with van der Waals surface area (Å²) in [7, 11) is 0. The lowest BCUT2D eigenvalue weighted by atomic mass is 9.95. The zero-order valence-corrected chi connectivity index (χ0v) is 31.5. The van der Waals surface area contributed by atoms with Crippen LogP contribution in [0.15, 0.2) is 42.5 Å². The summed E-state index contributed by atoms with van der Waals surface area (Å²) in [5.74, 6) is 0.206. The Morgan fingerprint density at radius 2 is 1.43 bits per heavy atom. The van der Waals surface area contributed by atoms with Crippen molar-refractivity contribution < 1.29 is 48.6 Å². The molecule has 3 rings (SSSR count). The van der Waals surface area contributed by atoms with Crippen molar-refractivity contribution >= 4 is 23.5 Å². The highest BCUT2D eigenvalue weighted by Gasteiger charge is 2.34. The minimum atomic E-state index is -0.731. The summed E-state index contributed by atoms with van der Waals surface area (Å²) >= 11 is 0. The third-order valence-electron chi connectivity index (χ3n) is 8.44. The molecule has 11 N–H and O–H groups in total. The Balaban J connectivity index is 1.13. The molecule has 0 saturated carbocycles. The molecule has 54 heavy (non-hydrogen) atoms. The van der Waals surface area contributed by atoms with Gasteiger partial charge in [0.2, 0.25) is 23.5 Å². The lowest BCUT2D eigenvalue weighted by Crippen LogP contribution is -2.67. The number of amides is 3. The monoisotopic (exact) mass is 758 g/mol. The number of carbonyl (C=O) groups is 4. The van der Waals surface area contributed by atoms with Crippen LogP contribution < -0.4 is 43.2 Å². The highest BCUT2D eigenvalue weighted by Crippen LogP contribution is 2.28. The van der Waals surface area contributed by atoms with Crippen molar-refractivity contribution in [1.29, 1.82) is 0 Å². The highest BCUT2D eigenvalue weighted by molar-refractivity contribution is 5.90. The molecule has 1 unspecified atom stereocenters. The predicted molar refractivity (Wildman–Crippen MR) is 202 cm³/mol. The van der Waals surface area contributed by atoms with Crippen molar-refractivity contribution in [3.8, 4) is 16.9 Å². The van der Waals surface area contributed by atoms with Gasteiger partial charge in [-0.05, 0) is 53.6 Å². The summed E-state index contributed by atoms with van der Waals surface area (Å²) in [5, 5.41) is 11.2. The van der Waals surface area contributed by atoms with E-state index < -0.39 is 6.04 Å². The molecule has 16 heteroatoms. The molecule has 0 bridgehead atoms. The summed E-state index contributed by atoms with van der Waals surface area (Å²) < 4.78 is 27.3. The number of rotatable bonds is 30. The minimum absolute atomic E-state index is 0.0110. The van der Waals surface area contributed by atoms with E-state index in [0.29, 0.717) is 52.5 Å². The average molecular weight is 759 g/mol. The number of aryl methyl sites for hydroxylation is 1. The number of unbranched alkanes of at least 4 members (excludes halogenated alkanes) is 1. The number of hydrogen-bond acceptors (Lipinski definition) is 12. The third kappa shape index (κ3) is 17.9. The molecular formula is C38H60N7O9+. The Morgan fingerprint density at radius 3 is 2.04 bits per heavy atom. The molecule has 1 heterocycles. The molecular weight excluding hydrogens is 698 g/mol. The van der Waals surface area contributed by atoms with Crippen molar-refractivity contribution in [2.75, 3.05) is 92.2 Å². The van der Waals surface area contributed by atoms with E-state index in [0.717, 1.165) is 48.2 Å². The van der Waals surface area contributed by atoms with Crippen LogP contribution in [-0.2, 0) is 51.0 Å². The molecule has 2 aromatic rings. The Kier molecular flexibility index (Phi) is 21.3.